The first-order chi connectivity index (χ1) is 13.5. The van der Waals surface area contributed by atoms with E-state index in [1.54, 1.807) is 25.1 Å². The molecule has 7 nitrogen and oxygen atoms in total. The van der Waals surface area contributed by atoms with Gasteiger partial charge in [-0.3, -0.25) is 14.9 Å². The van der Waals surface area contributed by atoms with Gasteiger partial charge in [0.2, 0.25) is 5.91 Å². The molecule has 1 amide bonds. The largest absolute Gasteiger partial charge is 0.487 e. The summed E-state index contributed by atoms with van der Waals surface area (Å²) in [6, 6.07) is 10.7. The molecule has 0 radical (unpaired) electrons. The second-order valence-corrected chi connectivity index (χ2v) is 6.57. The predicted octanol–water partition coefficient (Wildman–Crippen LogP) is 3.99. The second-order valence-electron chi connectivity index (χ2n) is 6.57. The molecule has 0 aliphatic carbocycles. The maximum atomic E-state index is 13.0. The van der Waals surface area contributed by atoms with Gasteiger partial charge in [0.25, 0.3) is 0 Å². The topological polar surface area (TPSA) is 84.7 Å². The van der Waals surface area contributed by atoms with Crippen LogP contribution in [0.25, 0.3) is 0 Å². The molecule has 0 atom stereocenters. The van der Waals surface area contributed by atoms with Crippen molar-refractivity contribution in [3.8, 4) is 5.75 Å². The number of nitrogens with zero attached hydrogens (tertiary/aromatic N) is 2. The lowest BCUT2D eigenvalue weighted by Gasteiger charge is -2.32. The van der Waals surface area contributed by atoms with Crippen LogP contribution in [0, 0.1) is 21.8 Å². The molecule has 0 unspecified atom stereocenters. The van der Waals surface area contributed by atoms with E-state index < -0.39 is 4.92 Å². The maximum absolute atomic E-state index is 13.0. The van der Waals surface area contributed by atoms with Crippen LogP contribution in [-0.4, -0.2) is 30.5 Å². The zero-order valence-electron chi connectivity index (χ0n) is 15.6. The molecule has 1 aliphatic rings. The summed E-state index contributed by atoms with van der Waals surface area (Å²) < 4.78 is 18.4. The molecule has 8 heteroatoms. The number of piperidine rings is 1. The number of hydrogen-bond acceptors (Lipinski definition) is 5. The second kappa shape index (κ2) is 8.69. The van der Waals surface area contributed by atoms with Crippen molar-refractivity contribution in [3.63, 3.8) is 0 Å². The van der Waals surface area contributed by atoms with Gasteiger partial charge in [-0.15, -0.1) is 0 Å². The molecule has 0 aromatic heterocycles. The Morgan fingerprint density at radius 1 is 1.25 bits per heavy atom. The first kappa shape index (κ1) is 19.6. The zero-order chi connectivity index (χ0) is 20.1. The van der Waals surface area contributed by atoms with Gasteiger partial charge in [-0.05, 0) is 56.2 Å². The van der Waals surface area contributed by atoms with Gasteiger partial charge >= 0.3 is 5.69 Å². The monoisotopic (exact) mass is 387 g/mol. The van der Waals surface area contributed by atoms with Gasteiger partial charge < -0.3 is 15.0 Å². The van der Waals surface area contributed by atoms with Gasteiger partial charge in [0.1, 0.15) is 11.5 Å². The number of para-hydroxylation sites is 1. The highest BCUT2D eigenvalue weighted by Gasteiger charge is 2.30. The maximum Gasteiger partial charge on any atom is 0.333 e. The highest BCUT2D eigenvalue weighted by atomic mass is 19.1. The molecular formula is C20H22FN3O4. The number of carbonyl (C=O) groups excluding carboxylic acids is 1. The molecule has 0 bridgehead atoms. The molecular weight excluding hydrogens is 365 g/mol. The summed E-state index contributed by atoms with van der Waals surface area (Å²) in [5.74, 6) is -0.428. The highest BCUT2D eigenvalue weighted by molar-refractivity contribution is 5.92. The molecule has 148 valence electrons. The third kappa shape index (κ3) is 4.39. The Balaban J connectivity index is 1.67. The minimum absolute atomic E-state index is 0.0430. The van der Waals surface area contributed by atoms with Crippen LogP contribution < -0.4 is 15.0 Å². The van der Waals surface area contributed by atoms with E-state index in [9.17, 15) is 19.3 Å². The van der Waals surface area contributed by atoms with E-state index >= 15 is 0 Å². The van der Waals surface area contributed by atoms with Gasteiger partial charge in [0.15, 0.2) is 5.75 Å². The number of anilines is 2. The normalized spacial score (nSPS) is 14.6. The number of rotatable bonds is 6. The quantitative estimate of drug-likeness (QED) is 0.598. The fraction of sp³-hybridized carbons (Fsp3) is 0.350. The Bertz CT molecular complexity index is 849. The first-order valence-electron chi connectivity index (χ1n) is 9.21. The molecule has 2 aromatic carbocycles. The Kier molecular flexibility index (Phi) is 6.08. The van der Waals surface area contributed by atoms with Crippen LogP contribution in [0.15, 0.2) is 42.5 Å². The van der Waals surface area contributed by atoms with Gasteiger partial charge in [0, 0.05) is 24.7 Å². The number of carbonyl (C=O) groups is 1. The van der Waals surface area contributed by atoms with Crippen LogP contribution in [0.1, 0.15) is 19.8 Å². The van der Waals surface area contributed by atoms with Crippen LogP contribution in [0.4, 0.5) is 21.5 Å². The molecule has 1 aliphatic heterocycles. The highest BCUT2D eigenvalue weighted by Crippen LogP contribution is 2.38. The molecule has 1 N–H and O–H groups in total. The Morgan fingerprint density at radius 2 is 1.93 bits per heavy atom. The standard InChI is InChI=1S/C20H22FN3O4/c1-2-28-18-5-3-4-17(19(18)24(26)27)23-12-10-14(11-13-23)20(25)22-16-8-6-15(21)7-9-16/h3-9,14H,2,10-13H2,1H3,(H,22,25). The van der Waals surface area contributed by atoms with Crippen molar-refractivity contribution in [2.75, 3.05) is 29.9 Å². The number of nitro benzene ring substituents is 1. The van der Waals surface area contributed by atoms with Gasteiger partial charge in [0.05, 0.1) is 11.5 Å². The predicted molar refractivity (Wildman–Crippen MR) is 104 cm³/mol. The molecule has 2 aromatic rings. The van der Waals surface area contributed by atoms with E-state index in [4.69, 9.17) is 4.74 Å². The summed E-state index contributed by atoms with van der Waals surface area (Å²) in [6.45, 7) is 3.17. The SMILES string of the molecule is CCOc1cccc(N2CCC(C(=O)Nc3ccc(F)cc3)CC2)c1[N+](=O)[O-]. The molecule has 0 saturated carbocycles. The van der Waals surface area contributed by atoms with Crippen LogP contribution in [0.5, 0.6) is 5.75 Å². The first-order valence-corrected chi connectivity index (χ1v) is 9.21. The van der Waals surface area contributed by atoms with Crippen molar-refractivity contribution in [2.45, 2.75) is 19.8 Å². The van der Waals surface area contributed by atoms with E-state index in [1.807, 2.05) is 4.90 Å². The van der Waals surface area contributed by atoms with Crippen molar-refractivity contribution in [3.05, 3.63) is 58.4 Å². The fourth-order valence-electron chi connectivity index (χ4n) is 3.38. The van der Waals surface area contributed by atoms with Crippen molar-refractivity contribution in [1.82, 2.24) is 0 Å². The van der Waals surface area contributed by atoms with E-state index in [2.05, 4.69) is 5.32 Å². The minimum Gasteiger partial charge on any atom is -0.487 e. The molecule has 3 rings (SSSR count). The molecule has 1 fully saturated rings. The smallest absolute Gasteiger partial charge is 0.333 e. The number of nitrogens with one attached hydrogen (secondary N) is 1. The Labute approximate surface area is 162 Å². The number of amides is 1. The summed E-state index contributed by atoms with van der Waals surface area (Å²) in [4.78, 5) is 25.5. The number of ether oxygens (including phenoxy) is 1. The van der Waals surface area contributed by atoms with Crippen LogP contribution >= 0.6 is 0 Å². The summed E-state index contributed by atoms with van der Waals surface area (Å²) in [5.41, 5.74) is 1.01. The molecule has 28 heavy (non-hydrogen) atoms. The summed E-state index contributed by atoms with van der Waals surface area (Å²) in [7, 11) is 0. The van der Waals surface area contributed by atoms with Crippen molar-refractivity contribution >= 4 is 23.0 Å². The average molecular weight is 387 g/mol. The minimum atomic E-state index is -0.423. The van der Waals surface area contributed by atoms with Gasteiger partial charge in [-0.25, -0.2) is 4.39 Å². The number of hydrogen-bond donors (Lipinski definition) is 1. The van der Waals surface area contributed by atoms with E-state index in [0.29, 0.717) is 43.9 Å². The third-order valence-corrected chi connectivity index (χ3v) is 4.78. The summed E-state index contributed by atoms with van der Waals surface area (Å²) >= 11 is 0. The van der Waals surface area contributed by atoms with Crippen molar-refractivity contribution in [2.24, 2.45) is 5.92 Å². The van der Waals surface area contributed by atoms with E-state index in [-0.39, 0.29) is 29.1 Å². The number of benzene rings is 2. The lowest BCUT2D eigenvalue weighted by Crippen LogP contribution is -2.38. The van der Waals surface area contributed by atoms with Crippen LogP contribution in [0.2, 0.25) is 0 Å². The lowest BCUT2D eigenvalue weighted by atomic mass is 9.95. The van der Waals surface area contributed by atoms with Crippen molar-refractivity contribution in [1.29, 1.82) is 0 Å². The van der Waals surface area contributed by atoms with Crippen LogP contribution in [0.3, 0.4) is 0 Å². The average Bonchev–Trinajstić information content (AvgIpc) is 2.70. The lowest BCUT2D eigenvalue weighted by molar-refractivity contribution is -0.385. The number of nitro groups is 1. The zero-order valence-corrected chi connectivity index (χ0v) is 15.6. The Hall–Kier alpha value is -3.16. The van der Waals surface area contributed by atoms with Gasteiger partial charge in [-0.1, -0.05) is 6.07 Å². The molecule has 1 saturated heterocycles. The summed E-state index contributed by atoms with van der Waals surface area (Å²) in [5, 5.41) is 14.4. The van der Waals surface area contributed by atoms with E-state index in [1.165, 1.54) is 24.3 Å². The summed E-state index contributed by atoms with van der Waals surface area (Å²) in [6.07, 6.45) is 1.14. The Morgan fingerprint density at radius 3 is 2.54 bits per heavy atom. The molecule has 0 spiro atoms. The van der Waals surface area contributed by atoms with E-state index in [0.717, 1.165) is 0 Å². The molecule has 1 heterocycles. The van der Waals surface area contributed by atoms with Crippen LogP contribution in [-0.2, 0) is 4.79 Å². The third-order valence-electron chi connectivity index (χ3n) is 4.78. The fourth-order valence-corrected chi connectivity index (χ4v) is 3.38. The van der Waals surface area contributed by atoms with Crippen molar-refractivity contribution < 1.29 is 18.8 Å². The number of halogens is 1. The van der Waals surface area contributed by atoms with Gasteiger partial charge in [-0.2, -0.15) is 0 Å².